The van der Waals surface area contributed by atoms with E-state index in [-0.39, 0.29) is 12.5 Å². The molecule has 20 heavy (non-hydrogen) atoms. The molecule has 0 unspecified atom stereocenters. The highest BCUT2D eigenvalue weighted by Crippen LogP contribution is 2.36. The number of rotatable bonds is 4. The SMILES string of the molecule is O=C(NCC1(C(=O)O)CCCCC1)c1ccc(Br)nc1. The second-order valence-corrected chi connectivity index (χ2v) is 6.01. The fourth-order valence-corrected chi connectivity index (χ4v) is 2.79. The Morgan fingerprint density at radius 2 is 2.00 bits per heavy atom. The number of carboxylic acid groups (broad SMARTS) is 1. The lowest BCUT2D eigenvalue weighted by Gasteiger charge is -2.33. The van der Waals surface area contributed by atoms with E-state index < -0.39 is 11.4 Å². The number of carbonyl (C=O) groups excluding carboxylic acids is 1. The maximum absolute atomic E-state index is 12.0. The van der Waals surface area contributed by atoms with Crippen LogP contribution in [0, 0.1) is 5.41 Å². The van der Waals surface area contributed by atoms with E-state index in [0.717, 1.165) is 19.3 Å². The zero-order chi connectivity index (χ0) is 14.6. The van der Waals surface area contributed by atoms with Gasteiger partial charge in [-0.3, -0.25) is 9.59 Å². The van der Waals surface area contributed by atoms with E-state index in [0.29, 0.717) is 23.0 Å². The summed E-state index contributed by atoms with van der Waals surface area (Å²) in [6, 6.07) is 3.34. The second kappa shape index (κ2) is 6.35. The highest BCUT2D eigenvalue weighted by atomic mass is 79.9. The molecule has 0 atom stereocenters. The van der Waals surface area contributed by atoms with Gasteiger partial charge in [-0.2, -0.15) is 0 Å². The molecule has 1 aromatic rings. The molecule has 1 fully saturated rings. The third-order valence-corrected chi connectivity index (χ3v) is 4.31. The van der Waals surface area contributed by atoms with E-state index in [9.17, 15) is 14.7 Å². The smallest absolute Gasteiger partial charge is 0.311 e. The molecule has 0 bridgehead atoms. The highest BCUT2D eigenvalue weighted by molar-refractivity contribution is 9.10. The Morgan fingerprint density at radius 3 is 2.55 bits per heavy atom. The van der Waals surface area contributed by atoms with E-state index in [1.165, 1.54) is 6.20 Å². The average molecular weight is 341 g/mol. The number of hydrogen-bond donors (Lipinski definition) is 2. The van der Waals surface area contributed by atoms with Gasteiger partial charge in [0, 0.05) is 12.7 Å². The summed E-state index contributed by atoms with van der Waals surface area (Å²) in [5.41, 5.74) is -0.374. The third kappa shape index (κ3) is 3.36. The lowest BCUT2D eigenvalue weighted by atomic mass is 9.74. The molecule has 1 aliphatic carbocycles. The Kier molecular flexibility index (Phi) is 4.75. The van der Waals surface area contributed by atoms with Crippen molar-refractivity contribution < 1.29 is 14.7 Å². The molecule has 1 aromatic heterocycles. The zero-order valence-corrected chi connectivity index (χ0v) is 12.6. The summed E-state index contributed by atoms with van der Waals surface area (Å²) in [6.07, 6.45) is 5.60. The number of pyridine rings is 1. The summed E-state index contributed by atoms with van der Waals surface area (Å²) < 4.78 is 0.656. The number of aliphatic carboxylic acids is 1. The van der Waals surface area contributed by atoms with E-state index >= 15 is 0 Å². The number of hydrogen-bond acceptors (Lipinski definition) is 3. The molecule has 2 N–H and O–H groups in total. The van der Waals surface area contributed by atoms with Crippen LogP contribution in [-0.2, 0) is 4.79 Å². The lowest BCUT2D eigenvalue weighted by molar-refractivity contribution is -0.150. The van der Waals surface area contributed by atoms with Gasteiger partial charge in [0.1, 0.15) is 4.60 Å². The van der Waals surface area contributed by atoms with Crippen LogP contribution in [0.5, 0.6) is 0 Å². The maximum atomic E-state index is 12.0. The molecular formula is C14H17BrN2O3. The number of carbonyl (C=O) groups is 2. The fourth-order valence-electron chi connectivity index (χ4n) is 2.56. The maximum Gasteiger partial charge on any atom is 0.311 e. The molecule has 1 heterocycles. The van der Waals surface area contributed by atoms with Gasteiger partial charge in [-0.1, -0.05) is 19.3 Å². The van der Waals surface area contributed by atoms with Crippen LogP contribution in [0.3, 0.4) is 0 Å². The van der Waals surface area contributed by atoms with E-state index in [4.69, 9.17) is 0 Å². The van der Waals surface area contributed by atoms with Gasteiger partial charge in [0.15, 0.2) is 0 Å². The number of amides is 1. The molecule has 1 saturated carbocycles. The monoisotopic (exact) mass is 340 g/mol. The van der Waals surface area contributed by atoms with E-state index in [2.05, 4.69) is 26.2 Å². The molecule has 0 saturated heterocycles. The normalized spacial score (nSPS) is 17.4. The van der Waals surface area contributed by atoms with Crippen LogP contribution in [0.2, 0.25) is 0 Å². The Bertz CT molecular complexity index is 496. The van der Waals surface area contributed by atoms with Gasteiger partial charge in [0.05, 0.1) is 11.0 Å². The largest absolute Gasteiger partial charge is 0.481 e. The van der Waals surface area contributed by atoms with Gasteiger partial charge in [0.2, 0.25) is 0 Å². The summed E-state index contributed by atoms with van der Waals surface area (Å²) >= 11 is 3.20. The van der Waals surface area contributed by atoms with Crippen LogP contribution in [-0.4, -0.2) is 28.5 Å². The minimum atomic E-state index is -0.813. The first-order valence-electron chi connectivity index (χ1n) is 6.67. The zero-order valence-electron chi connectivity index (χ0n) is 11.1. The van der Waals surface area contributed by atoms with Gasteiger partial charge in [-0.25, -0.2) is 4.98 Å². The standard InChI is InChI=1S/C14H17BrN2O3/c15-11-5-4-10(8-16-11)12(18)17-9-14(13(19)20)6-2-1-3-7-14/h4-5,8H,1-3,6-7,9H2,(H,17,18)(H,19,20). The van der Waals surface area contributed by atoms with Crippen molar-refractivity contribution >= 4 is 27.8 Å². The summed E-state index contributed by atoms with van der Waals surface area (Å²) in [4.78, 5) is 27.5. The molecule has 108 valence electrons. The summed E-state index contributed by atoms with van der Waals surface area (Å²) in [7, 11) is 0. The topological polar surface area (TPSA) is 79.3 Å². The van der Waals surface area contributed by atoms with Crippen molar-refractivity contribution in [2.24, 2.45) is 5.41 Å². The molecule has 5 nitrogen and oxygen atoms in total. The molecule has 0 aromatic carbocycles. The summed E-state index contributed by atoms with van der Waals surface area (Å²) in [6.45, 7) is 0.178. The minimum absolute atomic E-state index is 0.178. The van der Waals surface area contributed by atoms with Gasteiger partial charge in [0.25, 0.3) is 5.91 Å². The predicted octanol–water partition coefficient (Wildman–Crippen LogP) is 2.61. The van der Waals surface area contributed by atoms with Crippen LogP contribution in [0.15, 0.2) is 22.9 Å². The summed E-state index contributed by atoms with van der Waals surface area (Å²) in [5.74, 6) is -1.09. The van der Waals surface area contributed by atoms with Crippen LogP contribution < -0.4 is 5.32 Å². The molecule has 1 amide bonds. The van der Waals surface area contributed by atoms with Gasteiger partial charge in [-0.15, -0.1) is 0 Å². The molecule has 2 rings (SSSR count). The van der Waals surface area contributed by atoms with Crippen molar-refractivity contribution in [1.82, 2.24) is 10.3 Å². The molecule has 0 aliphatic heterocycles. The molecular weight excluding hydrogens is 324 g/mol. The third-order valence-electron chi connectivity index (χ3n) is 3.84. The first-order chi connectivity index (χ1) is 9.53. The molecule has 6 heteroatoms. The summed E-state index contributed by atoms with van der Waals surface area (Å²) in [5, 5.41) is 12.2. The Morgan fingerprint density at radius 1 is 1.30 bits per heavy atom. The van der Waals surface area contributed by atoms with E-state index in [1.54, 1.807) is 12.1 Å². The van der Waals surface area contributed by atoms with Crippen LogP contribution in [0.4, 0.5) is 0 Å². The fraction of sp³-hybridized carbons (Fsp3) is 0.500. The van der Waals surface area contributed by atoms with Crippen molar-refractivity contribution in [3.8, 4) is 0 Å². The number of nitrogens with one attached hydrogen (secondary N) is 1. The van der Waals surface area contributed by atoms with Crippen molar-refractivity contribution in [2.45, 2.75) is 32.1 Å². The highest BCUT2D eigenvalue weighted by Gasteiger charge is 2.39. The lowest BCUT2D eigenvalue weighted by Crippen LogP contribution is -2.44. The van der Waals surface area contributed by atoms with Crippen LogP contribution in [0.1, 0.15) is 42.5 Å². The van der Waals surface area contributed by atoms with Crippen LogP contribution >= 0.6 is 15.9 Å². The van der Waals surface area contributed by atoms with Crippen molar-refractivity contribution in [1.29, 1.82) is 0 Å². The first kappa shape index (κ1) is 15.0. The predicted molar refractivity (Wildman–Crippen MR) is 77.4 cm³/mol. The van der Waals surface area contributed by atoms with E-state index in [1.807, 2.05) is 0 Å². The Labute approximate surface area is 125 Å². The van der Waals surface area contributed by atoms with Crippen molar-refractivity contribution in [3.05, 3.63) is 28.5 Å². The van der Waals surface area contributed by atoms with Gasteiger partial charge >= 0.3 is 5.97 Å². The molecule has 0 spiro atoms. The second-order valence-electron chi connectivity index (χ2n) is 5.20. The minimum Gasteiger partial charge on any atom is -0.481 e. The number of aromatic nitrogens is 1. The first-order valence-corrected chi connectivity index (χ1v) is 7.46. The average Bonchev–Trinajstić information content (AvgIpc) is 2.46. The van der Waals surface area contributed by atoms with Crippen LogP contribution in [0.25, 0.3) is 0 Å². The van der Waals surface area contributed by atoms with Crippen molar-refractivity contribution in [3.63, 3.8) is 0 Å². The van der Waals surface area contributed by atoms with Gasteiger partial charge < -0.3 is 10.4 Å². The Hall–Kier alpha value is -1.43. The quantitative estimate of drug-likeness (QED) is 0.825. The molecule has 1 aliphatic rings. The number of nitrogens with zero attached hydrogens (tertiary/aromatic N) is 1. The number of halogens is 1. The van der Waals surface area contributed by atoms with Crippen molar-refractivity contribution in [2.75, 3.05) is 6.54 Å². The van der Waals surface area contributed by atoms with Gasteiger partial charge in [-0.05, 0) is 40.9 Å². The number of carboxylic acids is 1. The molecule has 0 radical (unpaired) electrons. The Balaban J connectivity index is 2.00.